The number of nitrogens with zero attached hydrogens (tertiary/aromatic N) is 2. The number of nitrogens with one attached hydrogen (secondary N) is 2. The quantitative estimate of drug-likeness (QED) is 0.609. The zero-order valence-electron chi connectivity index (χ0n) is 10.9. The Morgan fingerprint density at radius 2 is 2.39 bits per heavy atom. The summed E-state index contributed by atoms with van der Waals surface area (Å²) in [6, 6.07) is 4.48. The highest BCUT2D eigenvalue weighted by molar-refractivity contribution is 5.80. The predicted octanol–water partition coefficient (Wildman–Crippen LogP) is 1.31. The van der Waals surface area contributed by atoms with Crippen LogP contribution in [0.2, 0.25) is 0 Å². The Bertz CT molecular complexity index is 415. The molecular weight excluding hydrogens is 228 g/mol. The minimum absolute atomic E-state index is 0.569. The van der Waals surface area contributed by atoms with Crippen LogP contribution in [-0.2, 0) is 6.54 Å². The third kappa shape index (κ3) is 3.61. The van der Waals surface area contributed by atoms with E-state index in [1.807, 2.05) is 12.1 Å². The van der Waals surface area contributed by atoms with Gasteiger partial charge in [-0.2, -0.15) is 0 Å². The van der Waals surface area contributed by atoms with Gasteiger partial charge in [0.1, 0.15) is 0 Å². The van der Waals surface area contributed by atoms with Crippen LogP contribution in [-0.4, -0.2) is 30.6 Å². The van der Waals surface area contributed by atoms with Crippen molar-refractivity contribution in [2.75, 3.05) is 13.7 Å². The van der Waals surface area contributed by atoms with E-state index in [4.69, 9.17) is 4.74 Å². The van der Waals surface area contributed by atoms with Crippen LogP contribution < -0.4 is 15.4 Å². The number of rotatable bonds is 5. The van der Waals surface area contributed by atoms with Crippen LogP contribution in [0.15, 0.2) is 23.3 Å². The second-order valence-electron chi connectivity index (χ2n) is 4.29. The summed E-state index contributed by atoms with van der Waals surface area (Å²) in [5.41, 5.74) is 0.994. The van der Waals surface area contributed by atoms with E-state index in [-0.39, 0.29) is 0 Å². The Morgan fingerprint density at radius 1 is 1.56 bits per heavy atom. The van der Waals surface area contributed by atoms with E-state index >= 15 is 0 Å². The largest absolute Gasteiger partial charge is 0.481 e. The molecule has 18 heavy (non-hydrogen) atoms. The fraction of sp³-hybridized carbons (Fsp3) is 0.538. The van der Waals surface area contributed by atoms with Gasteiger partial charge in [-0.05, 0) is 25.8 Å². The maximum Gasteiger partial charge on any atom is 0.218 e. The van der Waals surface area contributed by atoms with Crippen LogP contribution in [0.3, 0.4) is 0 Å². The molecule has 98 valence electrons. The summed E-state index contributed by atoms with van der Waals surface area (Å²) >= 11 is 0. The van der Waals surface area contributed by atoms with Crippen LogP contribution in [0.25, 0.3) is 0 Å². The van der Waals surface area contributed by atoms with E-state index in [0.717, 1.165) is 18.1 Å². The summed E-state index contributed by atoms with van der Waals surface area (Å²) in [7, 11) is 1.63. The molecule has 5 nitrogen and oxygen atoms in total. The Morgan fingerprint density at radius 3 is 3.06 bits per heavy atom. The molecule has 2 rings (SSSR count). The van der Waals surface area contributed by atoms with Gasteiger partial charge in [-0.25, -0.2) is 9.98 Å². The molecule has 0 aliphatic heterocycles. The minimum Gasteiger partial charge on any atom is -0.481 e. The van der Waals surface area contributed by atoms with E-state index in [2.05, 4.69) is 27.5 Å². The molecule has 2 N–H and O–H groups in total. The molecule has 0 saturated heterocycles. The van der Waals surface area contributed by atoms with E-state index in [1.165, 1.54) is 12.8 Å². The van der Waals surface area contributed by atoms with Gasteiger partial charge in [0.25, 0.3) is 0 Å². The Kier molecular flexibility index (Phi) is 4.39. The zero-order valence-corrected chi connectivity index (χ0v) is 10.9. The molecule has 0 radical (unpaired) electrons. The number of ether oxygens (including phenoxy) is 1. The highest BCUT2D eigenvalue weighted by Gasteiger charge is 2.22. The monoisotopic (exact) mass is 248 g/mol. The fourth-order valence-corrected chi connectivity index (χ4v) is 1.63. The number of hydrogen-bond donors (Lipinski definition) is 2. The van der Waals surface area contributed by atoms with Gasteiger partial charge in [-0.1, -0.05) is 6.07 Å². The molecule has 1 fully saturated rings. The minimum atomic E-state index is 0.569. The smallest absolute Gasteiger partial charge is 0.218 e. The lowest BCUT2D eigenvalue weighted by atomic mass is 10.3. The van der Waals surface area contributed by atoms with Gasteiger partial charge in [0.15, 0.2) is 5.96 Å². The van der Waals surface area contributed by atoms with Gasteiger partial charge in [0.05, 0.1) is 13.7 Å². The van der Waals surface area contributed by atoms with Gasteiger partial charge < -0.3 is 15.4 Å². The Hall–Kier alpha value is -1.78. The van der Waals surface area contributed by atoms with Crippen LogP contribution in [0, 0.1) is 0 Å². The highest BCUT2D eigenvalue weighted by atomic mass is 16.5. The van der Waals surface area contributed by atoms with Crippen molar-refractivity contribution in [1.29, 1.82) is 0 Å². The number of aliphatic imine (C=N–C) groups is 1. The second kappa shape index (κ2) is 6.23. The maximum atomic E-state index is 5.21. The standard InChI is InChI=1S/C13H20N4O/c1-3-14-13(17-11-6-7-11)16-9-10-5-4-8-15-12(10)18-2/h4-5,8,11H,3,6-7,9H2,1-2H3,(H2,14,16,17). The van der Waals surface area contributed by atoms with Crippen molar-refractivity contribution in [3.63, 3.8) is 0 Å². The topological polar surface area (TPSA) is 58.5 Å². The van der Waals surface area contributed by atoms with Crippen LogP contribution in [0.1, 0.15) is 25.3 Å². The number of pyridine rings is 1. The van der Waals surface area contributed by atoms with Crippen molar-refractivity contribution in [3.05, 3.63) is 23.9 Å². The van der Waals surface area contributed by atoms with E-state index in [0.29, 0.717) is 18.5 Å². The van der Waals surface area contributed by atoms with Gasteiger partial charge in [0, 0.05) is 24.3 Å². The SMILES string of the molecule is CCNC(=NCc1cccnc1OC)NC1CC1. The summed E-state index contributed by atoms with van der Waals surface area (Å²) in [4.78, 5) is 8.71. The lowest BCUT2D eigenvalue weighted by Crippen LogP contribution is -2.38. The van der Waals surface area contributed by atoms with E-state index in [9.17, 15) is 0 Å². The van der Waals surface area contributed by atoms with Crippen molar-refractivity contribution in [2.45, 2.75) is 32.4 Å². The first-order valence-corrected chi connectivity index (χ1v) is 6.36. The van der Waals surface area contributed by atoms with Gasteiger partial charge in [-0.3, -0.25) is 0 Å². The molecule has 1 heterocycles. The Labute approximate surface area is 108 Å². The number of guanidine groups is 1. The van der Waals surface area contributed by atoms with Crippen molar-refractivity contribution in [1.82, 2.24) is 15.6 Å². The van der Waals surface area contributed by atoms with Crippen molar-refractivity contribution >= 4 is 5.96 Å². The average molecular weight is 248 g/mol. The lowest BCUT2D eigenvalue weighted by molar-refractivity contribution is 0.392. The van der Waals surface area contributed by atoms with Crippen molar-refractivity contribution < 1.29 is 4.74 Å². The molecule has 0 bridgehead atoms. The molecule has 1 aromatic rings. The predicted molar refractivity (Wildman–Crippen MR) is 71.8 cm³/mol. The van der Waals surface area contributed by atoms with E-state index in [1.54, 1.807) is 13.3 Å². The fourth-order valence-electron chi connectivity index (χ4n) is 1.63. The third-order valence-corrected chi connectivity index (χ3v) is 2.71. The molecule has 1 aromatic heterocycles. The molecule has 0 amide bonds. The maximum absolute atomic E-state index is 5.21. The van der Waals surface area contributed by atoms with Crippen molar-refractivity contribution in [2.24, 2.45) is 4.99 Å². The van der Waals surface area contributed by atoms with Crippen LogP contribution >= 0.6 is 0 Å². The third-order valence-electron chi connectivity index (χ3n) is 2.71. The van der Waals surface area contributed by atoms with Gasteiger partial charge in [0.2, 0.25) is 5.88 Å². The van der Waals surface area contributed by atoms with Crippen LogP contribution in [0.4, 0.5) is 0 Å². The summed E-state index contributed by atoms with van der Waals surface area (Å²) in [6.45, 7) is 3.50. The molecule has 1 aliphatic carbocycles. The zero-order chi connectivity index (χ0) is 12.8. The summed E-state index contributed by atoms with van der Waals surface area (Å²) in [5.74, 6) is 1.51. The van der Waals surface area contributed by atoms with Crippen LogP contribution in [0.5, 0.6) is 5.88 Å². The molecular formula is C13H20N4O. The second-order valence-corrected chi connectivity index (χ2v) is 4.29. The number of aromatic nitrogens is 1. The molecule has 1 saturated carbocycles. The number of methoxy groups -OCH3 is 1. The molecule has 1 aliphatic rings. The van der Waals surface area contributed by atoms with Crippen molar-refractivity contribution in [3.8, 4) is 5.88 Å². The first-order chi connectivity index (χ1) is 8.83. The molecule has 0 unspecified atom stereocenters. The summed E-state index contributed by atoms with van der Waals surface area (Å²) in [5, 5.41) is 6.62. The molecule has 0 spiro atoms. The lowest BCUT2D eigenvalue weighted by Gasteiger charge is -2.10. The molecule has 0 atom stereocenters. The summed E-state index contributed by atoms with van der Waals surface area (Å²) < 4.78 is 5.21. The molecule has 0 aromatic carbocycles. The molecule has 5 heteroatoms. The normalized spacial score (nSPS) is 15.3. The van der Waals surface area contributed by atoms with Gasteiger partial charge in [-0.15, -0.1) is 0 Å². The first kappa shape index (κ1) is 12.7. The Balaban J connectivity index is 2.00. The van der Waals surface area contributed by atoms with E-state index < -0.39 is 0 Å². The first-order valence-electron chi connectivity index (χ1n) is 6.36. The number of hydrogen-bond acceptors (Lipinski definition) is 3. The summed E-state index contributed by atoms with van der Waals surface area (Å²) in [6.07, 6.45) is 4.20. The average Bonchev–Trinajstić information content (AvgIpc) is 3.20. The highest BCUT2D eigenvalue weighted by Crippen LogP contribution is 2.18. The van der Waals surface area contributed by atoms with Gasteiger partial charge >= 0.3 is 0 Å².